The maximum Gasteiger partial charge on any atom is 0.242 e. The predicted molar refractivity (Wildman–Crippen MR) is 86.1 cm³/mol. The number of aromatic nitrogens is 4. The van der Waals surface area contributed by atoms with Crippen LogP contribution in [-0.4, -0.2) is 32.1 Å². The van der Waals surface area contributed by atoms with Gasteiger partial charge in [-0.3, -0.25) is 4.79 Å². The first-order valence-electron chi connectivity index (χ1n) is 8.03. The third-order valence-corrected chi connectivity index (χ3v) is 3.65. The Labute approximate surface area is 136 Å². The van der Waals surface area contributed by atoms with E-state index in [1.807, 2.05) is 31.5 Å². The van der Waals surface area contributed by atoms with Gasteiger partial charge in [-0.05, 0) is 6.92 Å². The van der Waals surface area contributed by atoms with Crippen LogP contribution in [0.25, 0.3) is 0 Å². The van der Waals surface area contributed by atoms with Crippen LogP contribution in [-0.2, 0) is 11.2 Å². The molecular weight excluding hydrogens is 294 g/mol. The molecule has 126 valence electrons. The minimum atomic E-state index is -0.302. The highest BCUT2D eigenvalue weighted by molar-refractivity contribution is 5.79. The summed E-state index contributed by atoms with van der Waals surface area (Å²) in [6.45, 7) is 10.5. The number of carbonyl (C=O) groups excluding carboxylic acids is 1. The largest absolute Gasteiger partial charge is 0.354 e. The molecule has 2 rings (SSSR count). The van der Waals surface area contributed by atoms with Crippen LogP contribution in [0.15, 0.2) is 16.9 Å². The van der Waals surface area contributed by atoms with E-state index < -0.39 is 0 Å². The fraction of sp³-hybridized carbons (Fsp3) is 0.625. The van der Waals surface area contributed by atoms with E-state index in [1.54, 1.807) is 6.20 Å². The van der Waals surface area contributed by atoms with Gasteiger partial charge in [-0.25, -0.2) is 4.98 Å². The number of nitrogens with one attached hydrogen (secondary N) is 1. The quantitative estimate of drug-likeness (QED) is 0.847. The Kier molecular flexibility index (Phi) is 5.52. The summed E-state index contributed by atoms with van der Waals surface area (Å²) in [7, 11) is 0. The van der Waals surface area contributed by atoms with Crippen LogP contribution in [0.1, 0.15) is 70.0 Å². The van der Waals surface area contributed by atoms with Crippen LogP contribution in [0.3, 0.4) is 0 Å². The summed E-state index contributed by atoms with van der Waals surface area (Å²) in [6, 6.07) is -0.302. The lowest BCUT2D eigenvalue weighted by molar-refractivity contribution is -0.123. The van der Waals surface area contributed by atoms with Gasteiger partial charge in [-0.2, -0.15) is 4.98 Å². The number of amides is 1. The van der Waals surface area contributed by atoms with E-state index in [-0.39, 0.29) is 23.8 Å². The lowest BCUT2D eigenvalue weighted by atomic mass is 10.2. The molecule has 0 bridgehead atoms. The first-order valence-corrected chi connectivity index (χ1v) is 8.03. The molecule has 0 radical (unpaired) electrons. The number of hydrogen-bond acceptors (Lipinski definition) is 5. The van der Waals surface area contributed by atoms with Crippen molar-refractivity contribution in [1.82, 2.24) is 25.0 Å². The molecule has 1 amide bonds. The Morgan fingerprint density at radius 3 is 2.61 bits per heavy atom. The first-order chi connectivity index (χ1) is 10.9. The van der Waals surface area contributed by atoms with E-state index >= 15 is 0 Å². The van der Waals surface area contributed by atoms with Gasteiger partial charge in [-0.1, -0.05) is 32.9 Å². The van der Waals surface area contributed by atoms with Gasteiger partial charge in [0.25, 0.3) is 0 Å². The van der Waals surface area contributed by atoms with Crippen LogP contribution in [0.2, 0.25) is 0 Å². The molecule has 0 aromatic carbocycles. The molecule has 1 N–H and O–H groups in total. The molecule has 7 nitrogen and oxygen atoms in total. The van der Waals surface area contributed by atoms with Crippen LogP contribution in [0, 0.1) is 0 Å². The van der Waals surface area contributed by atoms with Gasteiger partial charge in [0.15, 0.2) is 5.82 Å². The Morgan fingerprint density at radius 2 is 2.00 bits per heavy atom. The topological polar surface area (TPSA) is 85.8 Å². The zero-order chi connectivity index (χ0) is 17.0. The molecule has 0 saturated heterocycles. The molecule has 2 heterocycles. The minimum Gasteiger partial charge on any atom is -0.354 e. The van der Waals surface area contributed by atoms with E-state index in [4.69, 9.17) is 4.52 Å². The van der Waals surface area contributed by atoms with E-state index in [2.05, 4.69) is 34.3 Å². The predicted octanol–water partition coefficient (Wildman–Crippen LogP) is 2.43. The van der Waals surface area contributed by atoms with Crippen LogP contribution in [0.5, 0.6) is 0 Å². The number of rotatable bonds is 7. The Hall–Kier alpha value is -2.18. The zero-order valence-electron chi connectivity index (χ0n) is 14.4. The maximum atomic E-state index is 12.3. The highest BCUT2D eigenvalue weighted by Gasteiger charge is 2.19. The van der Waals surface area contributed by atoms with Gasteiger partial charge in [0, 0.05) is 37.2 Å². The van der Waals surface area contributed by atoms with Gasteiger partial charge in [0.1, 0.15) is 11.9 Å². The van der Waals surface area contributed by atoms with E-state index in [1.165, 1.54) is 0 Å². The molecule has 0 aliphatic carbocycles. The molecule has 7 heteroatoms. The molecule has 0 fully saturated rings. The van der Waals surface area contributed by atoms with Gasteiger partial charge in [-0.15, -0.1) is 0 Å². The van der Waals surface area contributed by atoms with Crippen molar-refractivity contribution in [2.75, 3.05) is 6.54 Å². The highest BCUT2D eigenvalue weighted by Crippen LogP contribution is 2.17. The van der Waals surface area contributed by atoms with Crippen molar-refractivity contribution in [3.8, 4) is 0 Å². The standard InChI is InChI=1S/C16H25N5O2/c1-10(2)14-19-13(23-20-14)6-7-18-16(22)12(5)21-9-8-17-15(21)11(3)4/h8-12H,6-7H2,1-5H3,(H,18,22). The summed E-state index contributed by atoms with van der Waals surface area (Å²) in [5.41, 5.74) is 0. The lowest BCUT2D eigenvalue weighted by Crippen LogP contribution is -2.33. The minimum absolute atomic E-state index is 0.0477. The molecule has 23 heavy (non-hydrogen) atoms. The molecule has 1 atom stereocenters. The second-order valence-electron chi connectivity index (χ2n) is 6.27. The summed E-state index contributed by atoms with van der Waals surface area (Å²) in [6.07, 6.45) is 4.09. The van der Waals surface area contributed by atoms with Crippen molar-refractivity contribution < 1.29 is 9.32 Å². The van der Waals surface area contributed by atoms with Crippen molar-refractivity contribution in [3.63, 3.8) is 0 Å². The zero-order valence-corrected chi connectivity index (χ0v) is 14.4. The average Bonchev–Trinajstić information content (AvgIpc) is 3.15. The number of hydrogen-bond donors (Lipinski definition) is 1. The van der Waals surface area contributed by atoms with Crippen LogP contribution in [0.4, 0.5) is 0 Å². The summed E-state index contributed by atoms with van der Waals surface area (Å²) in [4.78, 5) is 20.9. The highest BCUT2D eigenvalue weighted by atomic mass is 16.5. The molecule has 0 aliphatic heterocycles. The van der Waals surface area contributed by atoms with Crippen molar-refractivity contribution >= 4 is 5.91 Å². The van der Waals surface area contributed by atoms with Crippen LogP contribution < -0.4 is 5.32 Å². The van der Waals surface area contributed by atoms with E-state index in [9.17, 15) is 4.79 Å². The second-order valence-corrected chi connectivity index (χ2v) is 6.27. The monoisotopic (exact) mass is 319 g/mol. The number of nitrogens with zero attached hydrogens (tertiary/aromatic N) is 4. The molecule has 0 spiro atoms. The van der Waals surface area contributed by atoms with Crippen molar-refractivity contribution in [2.45, 2.75) is 58.9 Å². The number of imidazole rings is 1. The summed E-state index contributed by atoms with van der Waals surface area (Å²) in [5, 5.41) is 6.82. The van der Waals surface area contributed by atoms with Gasteiger partial charge in [0.05, 0.1) is 0 Å². The smallest absolute Gasteiger partial charge is 0.242 e. The van der Waals surface area contributed by atoms with Crippen molar-refractivity contribution in [3.05, 3.63) is 29.9 Å². The maximum absolute atomic E-state index is 12.3. The van der Waals surface area contributed by atoms with Crippen LogP contribution >= 0.6 is 0 Å². The van der Waals surface area contributed by atoms with E-state index in [0.717, 1.165) is 5.82 Å². The Balaban J connectivity index is 1.87. The Bertz CT molecular complexity index is 644. The first kappa shape index (κ1) is 17.2. The fourth-order valence-electron chi connectivity index (χ4n) is 2.27. The molecule has 2 aromatic rings. The summed E-state index contributed by atoms with van der Waals surface area (Å²) < 4.78 is 7.07. The molecular formula is C16H25N5O2. The van der Waals surface area contributed by atoms with Gasteiger partial charge in [0.2, 0.25) is 11.8 Å². The third kappa shape index (κ3) is 4.18. The lowest BCUT2D eigenvalue weighted by Gasteiger charge is -2.17. The number of carbonyl (C=O) groups is 1. The van der Waals surface area contributed by atoms with Gasteiger partial charge < -0.3 is 14.4 Å². The SMILES string of the molecule is CC(C)c1noc(CCNC(=O)C(C)n2ccnc2C(C)C)n1. The molecule has 1 unspecified atom stereocenters. The van der Waals surface area contributed by atoms with Crippen molar-refractivity contribution in [1.29, 1.82) is 0 Å². The molecule has 2 aromatic heterocycles. The summed E-state index contributed by atoms with van der Waals surface area (Å²) in [5.74, 6) is 2.61. The molecule has 0 saturated carbocycles. The normalized spacial score (nSPS) is 12.8. The second kappa shape index (κ2) is 7.39. The van der Waals surface area contributed by atoms with E-state index in [0.29, 0.717) is 24.7 Å². The third-order valence-electron chi connectivity index (χ3n) is 3.65. The van der Waals surface area contributed by atoms with Gasteiger partial charge >= 0.3 is 0 Å². The van der Waals surface area contributed by atoms with Crippen molar-refractivity contribution in [2.24, 2.45) is 0 Å². The summed E-state index contributed by atoms with van der Waals surface area (Å²) >= 11 is 0. The molecule has 0 aliphatic rings. The Morgan fingerprint density at radius 1 is 1.26 bits per heavy atom. The fourth-order valence-corrected chi connectivity index (χ4v) is 2.27. The average molecular weight is 319 g/mol.